The molecule has 0 fully saturated rings. The van der Waals surface area contributed by atoms with Crippen molar-refractivity contribution in [3.8, 4) is 5.69 Å². The lowest BCUT2D eigenvalue weighted by Crippen LogP contribution is -2.45. The molecule has 2 N–H and O–H groups in total. The van der Waals surface area contributed by atoms with Gasteiger partial charge in [-0.1, -0.05) is 11.6 Å². The third-order valence-corrected chi connectivity index (χ3v) is 3.57. The summed E-state index contributed by atoms with van der Waals surface area (Å²) in [5, 5.41) is 7.37. The van der Waals surface area contributed by atoms with Crippen LogP contribution >= 0.6 is 11.6 Å². The lowest BCUT2D eigenvalue weighted by atomic mass is 10.2. The van der Waals surface area contributed by atoms with Crippen molar-refractivity contribution >= 4 is 11.6 Å². The summed E-state index contributed by atoms with van der Waals surface area (Å²) in [7, 11) is 0. The molecule has 12 heteroatoms. The van der Waals surface area contributed by atoms with Gasteiger partial charge in [0.05, 0.1) is 12.2 Å². The number of rotatable bonds is 5. The number of aromatic nitrogens is 2. The van der Waals surface area contributed by atoms with Gasteiger partial charge in [-0.3, -0.25) is 4.79 Å². The highest BCUT2D eigenvalue weighted by atomic mass is 35.5. The van der Waals surface area contributed by atoms with Crippen molar-refractivity contribution in [1.82, 2.24) is 9.24 Å². The van der Waals surface area contributed by atoms with Gasteiger partial charge in [0.1, 0.15) is 6.61 Å². The number of hydrogen-bond acceptors (Lipinski definition) is 6. The standard InChI is InChI=1S/C14H13ClF3N5O3/c1-2-26-21-20-7-8-5-9(3-4-10(8)15)22-12(24)6-11(14(16,17)18)23(19)13(22)25/h3-6H,2,7,19H2,1H3. The van der Waals surface area contributed by atoms with E-state index in [1.54, 1.807) is 6.92 Å². The molecule has 0 radical (unpaired) electrons. The number of nitrogens with two attached hydrogens (primary N) is 1. The van der Waals surface area contributed by atoms with Gasteiger partial charge >= 0.3 is 11.9 Å². The average molecular weight is 392 g/mol. The molecule has 0 saturated heterocycles. The van der Waals surface area contributed by atoms with Crippen LogP contribution in [0.1, 0.15) is 18.2 Å². The number of alkyl halides is 3. The Labute approximate surface area is 149 Å². The van der Waals surface area contributed by atoms with Gasteiger partial charge < -0.3 is 10.7 Å². The van der Waals surface area contributed by atoms with E-state index in [9.17, 15) is 22.8 Å². The lowest BCUT2D eigenvalue weighted by molar-refractivity contribution is -0.143. The second-order valence-corrected chi connectivity index (χ2v) is 5.34. The third kappa shape index (κ3) is 4.04. The van der Waals surface area contributed by atoms with Crippen molar-refractivity contribution in [2.75, 3.05) is 12.4 Å². The van der Waals surface area contributed by atoms with Gasteiger partial charge in [0.15, 0.2) is 5.69 Å². The van der Waals surface area contributed by atoms with Crippen LogP contribution in [0.15, 0.2) is 44.2 Å². The van der Waals surface area contributed by atoms with Crippen LogP contribution in [0.4, 0.5) is 13.2 Å². The normalized spacial score (nSPS) is 11.9. The van der Waals surface area contributed by atoms with E-state index in [2.05, 4.69) is 10.4 Å². The van der Waals surface area contributed by atoms with Crippen molar-refractivity contribution in [2.45, 2.75) is 19.6 Å². The predicted octanol–water partition coefficient (Wildman–Crippen LogP) is 2.29. The Morgan fingerprint density at radius 2 is 1.96 bits per heavy atom. The number of benzene rings is 1. The number of halogens is 4. The SMILES string of the molecule is CCON=NCc1cc(-n2c(=O)cc(C(F)(F)F)n(N)c2=O)ccc1Cl. The topological polar surface area (TPSA) is 104 Å². The predicted molar refractivity (Wildman–Crippen MR) is 86.6 cm³/mol. The molecule has 2 rings (SSSR count). The minimum Gasteiger partial charge on any atom is -0.380 e. The Hall–Kier alpha value is -2.82. The summed E-state index contributed by atoms with van der Waals surface area (Å²) in [6, 6.07) is 4.22. The summed E-state index contributed by atoms with van der Waals surface area (Å²) in [4.78, 5) is 28.9. The van der Waals surface area contributed by atoms with E-state index in [4.69, 9.17) is 22.3 Å². The minimum atomic E-state index is -4.95. The molecule has 1 aromatic carbocycles. The van der Waals surface area contributed by atoms with Crippen LogP contribution in [0.25, 0.3) is 5.69 Å². The largest absolute Gasteiger partial charge is 0.433 e. The van der Waals surface area contributed by atoms with E-state index >= 15 is 0 Å². The molecule has 0 aliphatic heterocycles. The van der Waals surface area contributed by atoms with Crippen LogP contribution in [-0.2, 0) is 17.6 Å². The summed E-state index contributed by atoms with van der Waals surface area (Å²) < 4.78 is 38.8. The van der Waals surface area contributed by atoms with Gasteiger partial charge in [0, 0.05) is 16.4 Å². The van der Waals surface area contributed by atoms with Gasteiger partial charge in [-0.2, -0.15) is 13.2 Å². The zero-order valence-electron chi connectivity index (χ0n) is 13.3. The fraction of sp³-hybridized carbons (Fsp3) is 0.286. The van der Waals surface area contributed by atoms with Crippen molar-refractivity contribution in [3.05, 3.63) is 61.4 Å². The maximum atomic E-state index is 12.8. The van der Waals surface area contributed by atoms with Crippen LogP contribution < -0.4 is 17.1 Å². The quantitative estimate of drug-likeness (QED) is 0.479. The molecule has 2 aromatic rings. The van der Waals surface area contributed by atoms with E-state index in [-0.39, 0.29) is 28.0 Å². The summed E-state index contributed by atoms with van der Waals surface area (Å²) >= 11 is 6.01. The van der Waals surface area contributed by atoms with Gasteiger partial charge in [-0.25, -0.2) is 14.0 Å². The first-order chi connectivity index (χ1) is 12.2. The average Bonchev–Trinajstić information content (AvgIpc) is 2.56. The van der Waals surface area contributed by atoms with E-state index in [0.717, 1.165) is 0 Å². The van der Waals surface area contributed by atoms with E-state index in [0.29, 0.717) is 16.7 Å². The van der Waals surface area contributed by atoms with Crippen LogP contribution in [-0.4, -0.2) is 15.9 Å². The Bertz CT molecular complexity index is 952. The molecule has 8 nitrogen and oxygen atoms in total. The number of nitrogen functional groups attached to an aromatic ring is 1. The summed E-state index contributed by atoms with van der Waals surface area (Å²) in [6.07, 6.45) is -4.95. The Morgan fingerprint density at radius 3 is 2.58 bits per heavy atom. The van der Waals surface area contributed by atoms with Crippen LogP contribution in [0.3, 0.4) is 0 Å². The highest BCUT2D eigenvalue weighted by Crippen LogP contribution is 2.26. The third-order valence-electron chi connectivity index (χ3n) is 3.20. The van der Waals surface area contributed by atoms with Crippen molar-refractivity contribution in [3.63, 3.8) is 0 Å². The molecular weight excluding hydrogens is 379 g/mol. The van der Waals surface area contributed by atoms with E-state index in [1.165, 1.54) is 18.2 Å². The highest BCUT2D eigenvalue weighted by molar-refractivity contribution is 6.31. The van der Waals surface area contributed by atoms with Crippen molar-refractivity contribution in [2.24, 2.45) is 10.4 Å². The highest BCUT2D eigenvalue weighted by Gasteiger charge is 2.35. The number of nitrogens with zero attached hydrogens (tertiary/aromatic N) is 4. The number of hydrogen-bond donors (Lipinski definition) is 1. The summed E-state index contributed by atoms with van der Waals surface area (Å²) in [5.74, 6) is 5.21. The van der Waals surface area contributed by atoms with E-state index < -0.39 is 23.1 Å². The molecule has 26 heavy (non-hydrogen) atoms. The molecule has 1 heterocycles. The first-order valence-electron chi connectivity index (χ1n) is 7.15. The molecule has 1 aromatic heterocycles. The first kappa shape index (κ1) is 19.5. The Morgan fingerprint density at radius 1 is 1.27 bits per heavy atom. The Kier molecular flexibility index (Phi) is 5.70. The fourth-order valence-electron chi connectivity index (χ4n) is 2.04. The minimum absolute atomic E-state index is 0.0149. The van der Waals surface area contributed by atoms with Gasteiger partial charge in [-0.05, 0) is 30.7 Å². The van der Waals surface area contributed by atoms with E-state index in [1.807, 2.05) is 0 Å². The monoisotopic (exact) mass is 391 g/mol. The zero-order chi connectivity index (χ0) is 19.5. The molecule has 0 atom stereocenters. The fourth-order valence-corrected chi connectivity index (χ4v) is 2.21. The Balaban J connectivity index is 2.54. The lowest BCUT2D eigenvalue weighted by Gasteiger charge is -2.14. The zero-order valence-corrected chi connectivity index (χ0v) is 14.1. The maximum absolute atomic E-state index is 12.8. The van der Waals surface area contributed by atoms with Crippen molar-refractivity contribution < 1.29 is 18.0 Å². The smallest absolute Gasteiger partial charge is 0.380 e. The summed E-state index contributed by atoms with van der Waals surface area (Å²) in [5.41, 5.74) is -3.73. The van der Waals surface area contributed by atoms with Gasteiger partial charge in [-0.15, -0.1) is 5.11 Å². The first-order valence-corrected chi connectivity index (χ1v) is 7.53. The molecule has 0 bridgehead atoms. The molecule has 0 amide bonds. The maximum Gasteiger partial charge on any atom is 0.433 e. The van der Waals surface area contributed by atoms with Crippen molar-refractivity contribution in [1.29, 1.82) is 0 Å². The second-order valence-electron chi connectivity index (χ2n) is 4.93. The molecule has 0 saturated carbocycles. The van der Waals surface area contributed by atoms with Crippen LogP contribution in [0, 0.1) is 0 Å². The van der Waals surface area contributed by atoms with Gasteiger partial charge in [0.25, 0.3) is 5.56 Å². The molecule has 0 aliphatic rings. The molecule has 0 spiro atoms. The van der Waals surface area contributed by atoms with Crippen LogP contribution in [0.2, 0.25) is 5.02 Å². The molecule has 140 valence electrons. The summed E-state index contributed by atoms with van der Waals surface area (Å²) in [6.45, 7) is 1.99. The second kappa shape index (κ2) is 7.60. The van der Waals surface area contributed by atoms with Gasteiger partial charge in [0.2, 0.25) is 0 Å². The molecule has 0 unspecified atom stereocenters. The molecular formula is C14H13ClF3N5O3. The molecule has 0 aliphatic carbocycles. The van der Waals surface area contributed by atoms with Crippen LogP contribution in [0.5, 0.6) is 0 Å².